The van der Waals surface area contributed by atoms with E-state index >= 15 is 0 Å². The lowest BCUT2D eigenvalue weighted by atomic mass is 10.1. The average molecular weight is 875 g/mol. The molecule has 0 unspecified atom stereocenters. The standard InChI is InChI=1S/C57H94O6/c1-4-7-10-13-16-19-22-24-26-28-30-32-35-37-40-43-46-49-55(58)61-52-54(63-57(60)51-48-45-42-39-34-21-18-15-12-9-6-3)53-62-56(59)50-47-44-41-38-36-33-31-29-27-25-23-20-17-14-11-8-5-2/h7,10,15-16,18-19,24-27,30-33,38,41,54H,4-6,8-9,11-14,17,20-23,28-29,34-37,39-40,42-53H2,1-3H3/b10-7-,18-15-,19-16-,26-24-,27-25-,32-30-,33-31-,41-38-/t54-/m1/s1. The molecule has 0 saturated carbocycles. The molecule has 0 rings (SSSR count). The first kappa shape index (κ1) is 59.3. The van der Waals surface area contributed by atoms with Gasteiger partial charge in [0.15, 0.2) is 6.10 Å². The zero-order valence-corrected chi connectivity index (χ0v) is 40.8. The largest absolute Gasteiger partial charge is 0.462 e. The third kappa shape index (κ3) is 49.2. The highest BCUT2D eigenvalue weighted by molar-refractivity contribution is 5.71. The van der Waals surface area contributed by atoms with Crippen LogP contribution in [-0.4, -0.2) is 37.2 Å². The molecule has 0 fully saturated rings. The molecule has 0 amide bonds. The van der Waals surface area contributed by atoms with Gasteiger partial charge < -0.3 is 14.2 Å². The van der Waals surface area contributed by atoms with Crippen LogP contribution in [0.5, 0.6) is 0 Å². The molecule has 0 aliphatic rings. The fraction of sp³-hybridized carbons (Fsp3) is 0.667. The lowest BCUT2D eigenvalue weighted by Gasteiger charge is -2.18. The van der Waals surface area contributed by atoms with Gasteiger partial charge in [0, 0.05) is 19.3 Å². The molecule has 0 aliphatic carbocycles. The predicted octanol–water partition coefficient (Wildman–Crippen LogP) is 17.0. The van der Waals surface area contributed by atoms with Gasteiger partial charge in [0.1, 0.15) is 13.2 Å². The number of rotatable bonds is 45. The smallest absolute Gasteiger partial charge is 0.306 e. The second-order valence-electron chi connectivity index (χ2n) is 16.7. The molecule has 0 N–H and O–H groups in total. The van der Waals surface area contributed by atoms with Crippen LogP contribution in [0.4, 0.5) is 0 Å². The number of esters is 3. The van der Waals surface area contributed by atoms with Gasteiger partial charge in [-0.05, 0) is 109 Å². The van der Waals surface area contributed by atoms with E-state index in [2.05, 4.69) is 118 Å². The van der Waals surface area contributed by atoms with E-state index in [0.29, 0.717) is 19.3 Å². The van der Waals surface area contributed by atoms with Gasteiger partial charge in [-0.2, -0.15) is 0 Å². The summed E-state index contributed by atoms with van der Waals surface area (Å²) in [5.74, 6) is -1.00. The van der Waals surface area contributed by atoms with E-state index in [-0.39, 0.29) is 37.5 Å². The Morgan fingerprint density at radius 2 is 0.651 bits per heavy atom. The first-order valence-electron chi connectivity index (χ1n) is 25.7. The zero-order chi connectivity index (χ0) is 45.8. The molecule has 0 aromatic rings. The SMILES string of the molecule is CC/C=C\C/C=C\C/C=C\C/C=C\CCCCCCC(=O)OC[C@H](COC(=O)CCC/C=C\C/C=C\C/C=C\CCCCCCCC)OC(=O)CCCCCCC/C=C\CCCC. The summed E-state index contributed by atoms with van der Waals surface area (Å²) in [7, 11) is 0. The second-order valence-corrected chi connectivity index (χ2v) is 16.7. The Bertz CT molecular complexity index is 1280. The van der Waals surface area contributed by atoms with Gasteiger partial charge in [-0.25, -0.2) is 0 Å². The van der Waals surface area contributed by atoms with Crippen LogP contribution < -0.4 is 0 Å². The van der Waals surface area contributed by atoms with Crippen molar-refractivity contribution in [3.63, 3.8) is 0 Å². The third-order valence-corrected chi connectivity index (χ3v) is 10.5. The van der Waals surface area contributed by atoms with Crippen LogP contribution in [0.25, 0.3) is 0 Å². The summed E-state index contributed by atoms with van der Waals surface area (Å²) in [5.41, 5.74) is 0. The zero-order valence-electron chi connectivity index (χ0n) is 40.8. The van der Waals surface area contributed by atoms with E-state index in [0.717, 1.165) is 109 Å². The van der Waals surface area contributed by atoms with Gasteiger partial charge >= 0.3 is 17.9 Å². The van der Waals surface area contributed by atoms with Crippen molar-refractivity contribution >= 4 is 17.9 Å². The summed E-state index contributed by atoms with van der Waals surface area (Å²) >= 11 is 0. The maximum Gasteiger partial charge on any atom is 0.306 e. The van der Waals surface area contributed by atoms with E-state index in [1.165, 1.54) is 70.6 Å². The maximum atomic E-state index is 12.8. The highest BCUT2D eigenvalue weighted by atomic mass is 16.6. The van der Waals surface area contributed by atoms with E-state index in [1.54, 1.807) is 0 Å². The number of unbranched alkanes of at least 4 members (excludes halogenated alkanes) is 18. The highest BCUT2D eigenvalue weighted by Crippen LogP contribution is 2.12. The van der Waals surface area contributed by atoms with Gasteiger partial charge in [-0.1, -0.05) is 195 Å². The third-order valence-electron chi connectivity index (χ3n) is 10.5. The van der Waals surface area contributed by atoms with E-state index in [9.17, 15) is 14.4 Å². The fourth-order valence-electron chi connectivity index (χ4n) is 6.66. The summed E-state index contributed by atoms with van der Waals surface area (Å²) in [6, 6.07) is 0. The quantitative estimate of drug-likeness (QED) is 0.0262. The number of carbonyl (C=O) groups is 3. The number of allylic oxidation sites excluding steroid dienone is 16. The van der Waals surface area contributed by atoms with Gasteiger partial charge in [0.2, 0.25) is 0 Å². The first-order chi connectivity index (χ1) is 31.0. The first-order valence-corrected chi connectivity index (χ1v) is 25.7. The minimum Gasteiger partial charge on any atom is -0.462 e. The van der Waals surface area contributed by atoms with Crippen LogP contribution >= 0.6 is 0 Å². The van der Waals surface area contributed by atoms with Crippen LogP contribution in [-0.2, 0) is 28.6 Å². The Morgan fingerprint density at radius 1 is 0.333 bits per heavy atom. The van der Waals surface area contributed by atoms with Gasteiger partial charge in [0.25, 0.3) is 0 Å². The topological polar surface area (TPSA) is 78.9 Å². The van der Waals surface area contributed by atoms with Crippen molar-refractivity contribution in [3.8, 4) is 0 Å². The minimum atomic E-state index is -0.812. The Balaban J connectivity index is 4.49. The molecule has 0 heterocycles. The van der Waals surface area contributed by atoms with Crippen LogP contribution in [0.3, 0.4) is 0 Å². The molecule has 6 heteroatoms. The second kappa shape index (κ2) is 51.0. The van der Waals surface area contributed by atoms with Crippen molar-refractivity contribution in [2.75, 3.05) is 13.2 Å². The summed E-state index contributed by atoms with van der Waals surface area (Å²) in [4.78, 5) is 37.9. The molecule has 358 valence electrons. The predicted molar refractivity (Wildman–Crippen MR) is 270 cm³/mol. The molecule has 6 nitrogen and oxygen atoms in total. The maximum absolute atomic E-state index is 12.8. The van der Waals surface area contributed by atoms with Crippen molar-refractivity contribution in [2.45, 2.75) is 232 Å². The molecular weight excluding hydrogens is 781 g/mol. The van der Waals surface area contributed by atoms with Crippen molar-refractivity contribution in [3.05, 3.63) is 97.2 Å². The molecule has 63 heavy (non-hydrogen) atoms. The molecule has 1 atom stereocenters. The molecule has 0 bridgehead atoms. The fourth-order valence-corrected chi connectivity index (χ4v) is 6.66. The monoisotopic (exact) mass is 875 g/mol. The molecule has 0 radical (unpaired) electrons. The van der Waals surface area contributed by atoms with E-state index in [1.807, 2.05) is 0 Å². The minimum absolute atomic E-state index is 0.110. The van der Waals surface area contributed by atoms with Gasteiger partial charge in [-0.3, -0.25) is 14.4 Å². The Morgan fingerprint density at radius 3 is 1.10 bits per heavy atom. The van der Waals surface area contributed by atoms with Crippen molar-refractivity contribution < 1.29 is 28.6 Å². The number of hydrogen-bond acceptors (Lipinski definition) is 6. The Kier molecular flexibility index (Phi) is 48.0. The molecular formula is C57H94O6. The molecule has 0 saturated heterocycles. The number of hydrogen-bond donors (Lipinski definition) is 0. The van der Waals surface area contributed by atoms with Crippen LogP contribution in [0, 0.1) is 0 Å². The van der Waals surface area contributed by atoms with E-state index < -0.39 is 6.10 Å². The summed E-state index contributed by atoms with van der Waals surface area (Å²) in [6.45, 7) is 6.39. The lowest BCUT2D eigenvalue weighted by molar-refractivity contribution is -0.167. The average Bonchev–Trinajstić information content (AvgIpc) is 3.28. The molecule has 0 aromatic heterocycles. The van der Waals surface area contributed by atoms with E-state index in [4.69, 9.17) is 14.2 Å². The Labute approximate surface area is 387 Å². The van der Waals surface area contributed by atoms with Gasteiger partial charge in [0.05, 0.1) is 0 Å². The van der Waals surface area contributed by atoms with Crippen LogP contribution in [0.2, 0.25) is 0 Å². The van der Waals surface area contributed by atoms with Crippen molar-refractivity contribution in [1.29, 1.82) is 0 Å². The number of ether oxygens (including phenoxy) is 3. The van der Waals surface area contributed by atoms with Crippen LogP contribution in [0.1, 0.15) is 226 Å². The van der Waals surface area contributed by atoms with Crippen molar-refractivity contribution in [1.82, 2.24) is 0 Å². The summed E-state index contributed by atoms with van der Waals surface area (Å²) in [5, 5.41) is 0. The highest BCUT2D eigenvalue weighted by Gasteiger charge is 2.19. The van der Waals surface area contributed by atoms with Crippen LogP contribution in [0.15, 0.2) is 97.2 Å². The molecule has 0 aromatic carbocycles. The molecule has 0 spiro atoms. The lowest BCUT2D eigenvalue weighted by Crippen LogP contribution is -2.30. The summed E-state index contributed by atoms with van der Waals surface area (Å²) in [6.07, 6.45) is 66.8. The van der Waals surface area contributed by atoms with Gasteiger partial charge in [-0.15, -0.1) is 0 Å². The Hall–Kier alpha value is -3.67. The van der Waals surface area contributed by atoms with Crippen molar-refractivity contribution in [2.24, 2.45) is 0 Å². The normalized spacial score (nSPS) is 12.9. The summed E-state index contributed by atoms with van der Waals surface area (Å²) < 4.78 is 16.7. The molecule has 0 aliphatic heterocycles. The number of carbonyl (C=O) groups excluding carboxylic acids is 3.